The second-order valence-corrected chi connectivity index (χ2v) is 18.1. The molecule has 7 atom stereocenters. The molecule has 1 fully saturated rings. The van der Waals surface area contributed by atoms with Gasteiger partial charge in [-0.1, -0.05) is 63.4 Å². The molecule has 0 saturated carbocycles. The number of esters is 1. The summed E-state index contributed by atoms with van der Waals surface area (Å²) in [5.74, 6) is -0.0906. The van der Waals surface area contributed by atoms with Crippen LogP contribution in [0, 0.1) is 5.92 Å². The summed E-state index contributed by atoms with van der Waals surface area (Å²) in [5.41, 5.74) is 2.56. The SMILES string of the molecule is CCC(CC)COC(=O)[C@H](C)NP(=O)(OC[C@H]1O[C@@H](c2ccc3c(NC(=O)OCCN(CC)CCCC(C)Nc4ccnc5cc(Cl)ccc45)ncnn23)[C@H](O)[C@@H]1O)Oc1ccccc1. The van der Waals surface area contributed by atoms with Gasteiger partial charge in [0, 0.05) is 34.9 Å². The quantitative estimate of drug-likeness (QED) is 0.0300. The van der Waals surface area contributed by atoms with Crippen molar-refractivity contribution in [3.8, 4) is 5.75 Å². The van der Waals surface area contributed by atoms with Crippen LogP contribution in [0.1, 0.15) is 72.1 Å². The number of anilines is 2. The number of likely N-dealkylation sites (N-methyl/N-ethyl adjacent to an activating group) is 1. The number of benzene rings is 2. The Morgan fingerprint density at radius 1 is 0.985 bits per heavy atom. The monoisotopic (exact) mass is 938 g/mol. The van der Waals surface area contributed by atoms with Crippen LogP contribution in [0.4, 0.5) is 16.3 Å². The molecule has 65 heavy (non-hydrogen) atoms. The fraction of sp³-hybridized carbons (Fsp3) is 0.489. The second-order valence-electron chi connectivity index (χ2n) is 16.0. The molecule has 3 aromatic heterocycles. The number of ether oxygens (including phenoxy) is 3. The zero-order valence-corrected chi connectivity index (χ0v) is 39.0. The normalized spacial score (nSPS) is 19.3. The minimum Gasteiger partial charge on any atom is -0.464 e. The molecule has 18 nitrogen and oxygen atoms in total. The number of aliphatic hydroxyl groups excluding tert-OH is 2. The molecule has 0 radical (unpaired) electrons. The van der Waals surface area contributed by atoms with Crippen molar-refractivity contribution in [3.63, 3.8) is 0 Å². The van der Waals surface area contributed by atoms with Gasteiger partial charge in [0.25, 0.3) is 0 Å². The third-order valence-corrected chi connectivity index (χ3v) is 13.2. The Bertz CT molecular complexity index is 2380. The van der Waals surface area contributed by atoms with Crippen molar-refractivity contribution >= 4 is 59.3 Å². The van der Waals surface area contributed by atoms with Crippen molar-refractivity contribution in [3.05, 3.63) is 90.0 Å². The number of pyridine rings is 1. The highest BCUT2D eigenvalue weighted by Gasteiger charge is 2.46. The van der Waals surface area contributed by atoms with E-state index in [4.69, 9.17) is 34.9 Å². The third-order valence-electron chi connectivity index (χ3n) is 11.4. The van der Waals surface area contributed by atoms with Gasteiger partial charge < -0.3 is 39.2 Å². The van der Waals surface area contributed by atoms with E-state index in [2.05, 4.69) is 49.5 Å². The molecule has 352 valence electrons. The molecule has 6 rings (SSSR count). The Labute approximate surface area is 383 Å². The number of aliphatic hydroxyl groups is 2. The summed E-state index contributed by atoms with van der Waals surface area (Å²) in [7, 11) is -4.31. The molecule has 1 aliphatic heterocycles. The van der Waals surface area contributed by atoms with Crippen LogP contribution in [0.5, 0.6) is 5.75 Å². The highest BCUT2D eigenvalue weighted by molar-refractivity contribution is 7.52. The summed E-state index contributed by atoms with van der Waals surface area (Å²) < 4.78 is 44.2. The maximum absolute atomic E-state index is 14.1. The van der Waals surface area contributed by atoms with E-state index < -0.39 is 56.9 Å². The van der Waals surface area contributed by atoms with Crippen LogP contribution in [0.3, 0.4) is 0 Å². The number of amides is 1. The molecule has 1 amide bonds. The fourth-order valence-electron chi connectivity index (χ4n) is 7.45. The molecule has 4 heterocycles. The van der Waals surface area contributed by atoms with Crippen LogP contribution in [0.2, 0.25) is 5.02 Å². The number of nitrogens with one attached hydrogen (secondary N) is 3. The van der Waals surface area contributed by atoms with Crippen molar-refractivity contribution in [1.82, 2.24) is 29.6 Å². The molecule has 2 unspecified atom stereocenters. The zero-order valence-electron chi connectivity index (χ0n) is 37.3. The van der Waals surface area contributed by atoms with Gasteiger partial charge in [-0.25, -0.2) is 18.9 Å². The van der Waals surface area contributed by atoms with E-state index in [1.807, 2.05) is 38.1 Å². The second kappa shape index (κ2) is 23.5. The van der Waals surface area contributed by atoms with Crippen LogP contribution >= 0.6 is 19.3 Å². The van der Waals surface area contributed by atoms with E-state index in [1.54, 1.807) is 48.7 Å². The fourth-order valence-corrected chi connectivity index (χ4v) is 9.12. The van der Waals surface area contributed by atoms with Gasteiger partial charge in [0.15, 0.2) is 5.82 Å². The first-order valence-electron chi connectivity index (χ1n) is 22.1. The highest BCUT2D eigenvalue weighted by Crippen LogP contribution is 2.46. The summed E-state index contributed by atoms with van der Waals surface area (Å²) in [5, 5.41) is 37.2. The van der Waals surface area contributed by atoms with Crippen LogP contribution in [0.25, 0.3) is 16.4 Å². The predicted octanol–water partition coefficient (Wildman–Crippen LogP) is 7.41. The number of carbonyl (C=O) groups is 2. The number of para-hydroxylation sites is 1. The largest absolute Gasteiger partial charge is 0.464 e. The molecule has 0 bridgehead atoms. The lowest BCUT2D eigenvalue weighted by Gasteiger charge is -2.25. The van der Waals surface area contributed by atoms with Crippen LogP contribution in [-0.4, -0.2) is 117 Å². The molecule has 0 spiro atoms. The van der Waals surface area contributed by atoms with E-state index in [0.29, 0.717) is 22.8 Å². The number of carbonyl (C=O) groups excluding carboxylic acids is 2. The standard InChI is InChI=1S/C45H60ClN8O10P/c1-6-31(7-2)26-61-44(57)30(5)52-65(59,64-33-14-10-9-11-15-33)62-27-39-40(55)41(56)42(63-39)37-18-19-38-43(48-28-49-54(37)38)51-45(58)60-24-23-53(8-3)22-12-13-29(4)50-35-20-21-47-36-25-32(46)16-17-34(35)36/h9-11,14-21,25,28-31,39-42,55-56H,6-8,12-13,22-24,26-27H2,1-5H3,(H,47,50)(H,52,59)(H,48,49,51,58)/t29?,30-,39+,40+,41+,42-,65?/m0/s1. The Morgan fingerprint density at radius 3 is 2.52 bits per heavy atom. The van der Waals surface area contributed by atoms with Gasteiger partial charge >= 0.3 is 19.8 Å². The average Bonchev–Trinajstić information content (AvgIpc) is 3.85. The van der Waals surface area contributed by atoms with E-state index in [9.17, 15) is 24.4 Å². The van der Waals surface area contributed by atoms with Gasteiger partial charge in [0.2, 0.25) is 0 Å². The Balaban J connectivity index is 0.998. The van der Waals surface area contributed by atoms with Gasteiger partial charge in [0.05, 0.1) is 24.4 Å². The molecular weight excluding hydrogens is 879 g/mol. The zero-order chi connectivity index (χ0) is 46.5. The lowest BCUT2D eigenvalue weighted by Crippen LogP contribution is -2.37. The van der Waals surface area contributed by atoms with Crippen molar-refractivity contribution in [1.29, 1.82) is 0 Å². The number of hydrogen-bond acceptors (Lipinski definition) is 15. The Kier molecular flexibility index (Phi) is 17.9. The van der Waals surface area contributed by atoms with E-state index in [-0.39, 0.29) is 36.7 Å². The van der Waals surface area contributed by atoms with E-state index >= 15 is 0 Å². The lowest BCUT2D eigenvalue weighted by atomic mass is 10.1. The van der Waals surface area contributed by atoms with Crippen molar-refractivity contribution in [2.75, 3.05) is 50.1 Å². The molecule has 5 N–H and O–H groups in total. The van der Waals surface area contributed by atoms with Crippen LogP contribution in [0.15, 0.2) is 79.3 Å². The number of halogens is 1. The number of nitrogens with zero attached hydrogens (tertiary/aromatic N) is 5. The molecule has 2 aromatic carbocycles. The van der Waals surface area contributed by atoms with Crippen molar-refractivity contribution < 1.29 is 47.6 Å². The number of aromatic nitrogens is 4. The Morgan fingerprint density at radius 2 is 1.77 bits per heavy atom. The van der Waals surface area contributed by atoms with Crippen molar-refractivity contribution in [2.45, 2.75) is 96.8 Å². The van der Waals surface area contributed by atoms with Crippen molar-refractivity contribution in [2.24, 2.45) is 5.92 Å². The average molecular weight is 939 g/mol. The van der Waals surface area contributed by atoms with Crippen LogP contribution < -0.4 is 20.2 Å². The van der Waals surface area contributed by atoms with Gasteiger partial charge in [-0.2, -0.15) is 10.2 Å². The summed E-state index contributed by atoms with van der Waals surface area (Å²) in [6.07, 6.45) is 0.581. The minimum absolute atomic E-state index is 0.149. The highest BCUT2D eigenvalue weighted by atomic mass is 35.5. The summed E-state index contributed by atoms with van der Waals surface area (Å²) >= 11 is 6.15. The first-order valence-corrected chi connectivity index (χ1v) is 24.0. The lowest BCUT2D eigenvalue weighted by molar-refractivity contribution is -0.146. The molecule has 0 aliphatic carbocycles. The van der Waals surface area contributed by atoms with Gasteiger partial charge in [-0.05, 0) is 94.2 Å². The van der Waals surface area contributed by atoms with Gasteiger partial charge in [0.1, 0.15) is 54.7 Å². The van der Waals surface area contributed by atoms with Gasteiger partial charge in [-0.3, -0.25) is 19.6 Å². The van der Waals surface area contributed by atoms with E-state index in [0.717, 1.165) is 55.4 Å². The minimum atomic E-state index is -4.31. The number of rotatable bonds is 24. The summed E-state index contributed by atoms with van der Waals surface area (Å²) in [6, 6.07) is 18.3. The third kappa shape index (κ3) is 13.4. The smallest absolute Gasteiger partial charge is 0.459 e. The predicted molar refractivity (Wildman–Crippen MR) is 247 cm³/mol. The maximum atomic E-state index is 14.1. The maximum Gasteiger partial charge on any atom is 0.459 e. The first kappa shape index (κ1) is 49.5. The molecule has 1 aliphatic rings. The van der Waals surface area contributed by atoms with Crippen LogP contribution in [-0.2, 0) is 28.1 Å². The summed E-state index contributed by atoms with van der Waals surface area (Å²) in [4.78, 5) is 36.7. The molecule has 20 heteroatoms. The molecule has 5 aromatic rings. The number of fused-ring (bicyclic) bond motifs is 2. The van der Waals surface area contributed by atoms with E-state index in [1.165, 1.54) is 17.8 Å². The van der Waals surface area contributed by atoms with Gasteiger partial charge in [-0.15, -0.1) is 0 Å². The Hall–Kier alpha value is -4.91. The summed E-state index contributed by atoms with van der Waals surface area (Å²) in [6.45, 7) is 11.7. The number of hydrogen-bond donors (Lipinski definition) is 5. The molecular formula is C45H60ClN8O10P. The first-order chi connectivity index (χ1) is 31.3. The molecule has 1 saturated heterocycles. The topological polar surface area (TPSA) is 220 Å².